The van der Waals surface area contributed by atoms with E-state index in [2.05, 4.69) is 0 Å². The van der Waals surface area contributed by atoms with Crippen molar-refractivity contribution in [2.24, 2.45) is 0 Å². The number of hydrogen-bond acceptors (Lipinski definition) is 2. The molecule has 0 bridgehead atoms. The highest BCUT2D eigenvalue weighted by Gasteiger charge is 2.20. The van der Waals surface area contributed by atoms with Gasteiger partial charge in [0.25, 0.3) is 0 Å². The van der Waals surface area contributed by atoms with E-state index in [1.807, 2.05) is 0 Å². The van der Waals surface area contributed by atoms with Gasteiger partial charge in [-0.1, -0.05) is 0 Å². The predicted octanol–water partition coefficient (Wildman–Crippen LogP) is 1.73. The van der Waals surface area contributed by atoms with Gasteiger partial charge in [0, 0.05) is 14.1 Å². The minimum atomic E-state index is -1.61. The van der Waals surface area contributed by atoms with Crippen LogP contribution in [0.1, 0.15) is 10.4 Å². The second kappa shape index (κ2) is 3.61. The number of carboxylic acid groups (broad SMARTS) is 1. The van der Waals surface area contributed by atoms with Gasteiger partial charge in [0.2, 0.25) is 0 Å². The lowest BCUT2D eigenvalue weighted by Gasteiger charge is -2.14. The molecule has 0 atom stereocenters. The Morgan fingerprint density at radius 2 is 1.93 bits per heavy atom. The normalized spacial score (nSPS) is 10.0. The van der Waals surface area contributed by atoms with Crippen LogP contribution in [0.2, 0.25) is 0 Å². The fourth-order valence-corrected chi connectivity index (χ4v) is 1.08. The molecule has 14 heavy (non-hydrogen) atoms. The maximum atomic E-state index is 13.4. The summed E-state index contributed by atoms with van der Waals surface area (Å²) in [6.07, 6.45) is 0. The molecule has 0 amide bonds. The van der Waals surface area contributed by atoms with Gasteiger partial charge in [-0.2, -0.15) is 0 Å². The number of carboxylic acids is 1. The van der Waals surface area contributed by atoms with E-state index in [0.717, 1.165) is 6.07 Å². The van der Waals surface area contributed by atoms with Crippen LogP contribution in [0.3, 0.4) is 0 Å². The van der Waals surface area contributed by atoms with Crippen LogP contribution in [0, 0.1) is 11.6 Å². The Morgan fingerprint density at radius 3 is 2.36 bits per heavy atom. The van der Waals surface area contributed by atoms with Crippen molar-refractivity contribution in [3.63, 3.8) is 0 Å². The molecular weight excluding hydrogens is 192 g/mol. The zero-order valence-corrected chi connectivity index (χ0v) is 7.71. The molecule has 0 fully saturated rings. The van der Waals surface area contributed by atoms with Crippen LogP contribution in [0.5, 0.6) is 0 Å². The summed E-state index contributed by atoms with van der Waals surface area (Å²) in [4.78, 5) is 11.9. The predicted molar refractivity (Wildman–Crippen MR) is 47.6 cm³/mol. The van der Waals surface area contributed by atoms with Gasteiger partial charge >= 0.3 is 5.97 Å². The van der Waals surface area contributed by atoms with E-state index in [9.17, 15) is 13.6 Å². The molecule has 3 nitrogen and oxygen atoms in total. The van der Waals surface area contributed by atoms with Crippen molar-refractivity contribution in [1.82, 2.24) is 0 Å². The molecular formula is C9H9F2NO2. The van der Waals surface area contributed by atoms with Crippen molar-refractivity contribution in [1.29, 1.82) is 0 Å². The number of carbonyl (C=O) groups is 1. The number of nitrogens with zero attached hydrogens (tertiary/aromatic N) is 1. The molecule has 0 aliphatic carbocycles. The van der Waals surface area contributed by atoms with Gasteiger partial charge < -0.3 is 10.0 Å². The second-order valence-electron chi connectivity index (χ2n) is 2.96. The van der Waals surface area contributed by atoms with Crippen molar-refractivity contribution in [2.75, 3.05) is 19.0 Å². The molecule has 1 aromatic rings. The summed E-state index contributed by atoms with van der Waals surface area (Å²) in [5.74, 6) is -3.73. The van der Waals surface area contributed by atoms with Crippen LogP contribution < -0.4 is 4.90 Å². The Labute approximate surface area is 79.6 Å². The lowest BCUT2D eigenvalue weighted by atomic mass is 10.1. The Hall–Kier alpha value is -1.65. The quantitative estimate of drug-likeness (QED) is 0.792. The first-order valence-corrected chi connectivity index (χ1v) is 3.83. The zero-order valence-electron chi connectivity index (χ0n) is 7.71. The van der Waals surface area contributed by atoms with Crippen molar-refractivity contribution >= 4 is 11.7 Å². The van der Waals surface area contributed by atoms with Crippen LogP contribution in [-0.4, -0.2) is 25.2 Å². The molecule has 0 spiro atoms. The number of anilines is 1. The molecule has 0 saturated carbocycles. The highest BCUT2D eigenvalue weighted by atomic mass is 19.1. The molecule has 0 aliphatic heterocycles. The fourth-order valence-electron chi connectivity index (χ4n) is 1.08. The molecule has 1 N–H and O–H groups in total. The molecule has 0 aromatic heterocycles. The summed E-state index contributed by atoms with van der Waals surface area (Å²) in [6, 6.07) is 2.12. The van der Waals surface area contributed by atoms with E-state index >= 15 is 0 Å². The number of halogens is 2. The molecule has 76 valence electrons. The van der Waals surface area contributed by atoms with E-state index < -0.39 is 23.2 Å². The van der Waals surface area contributed by atoms with Gasteiger partial charge in [-0.3, -0.25) is 0 Å². The van der Waals surface area contributed by atoms with E-state index in [1.165, 1.54) is 11.0 Å². The molecule has 5 heteroatoms. The smallest absolute Gasteiger partial charge is 0.341 e. The van der Waals surface area contributed by atoms with E-state index in [-0.39, 0.29) is 5.69 Å². The standard InChI is InChI=1S/C9H9F2NO2/c1-12(2)6-4-3-5(10)7(8(6)11)9(13)14/h3-4H,1-2H3,(H,13,14). The fraction of sp³-hybridized carbons (Fsp3) is 0.222. The van der Waals surface area contributed by atoms with Crippen LogP contribution >= 0.6 is 0 Å². The average Bonchev–Trinajstić information content (AvgIpc) is 2.02. The van der Waals surface area contributed by atoms with Gasteiger partial charge in [0.05, 0.1) is 5.69 Å². The highest BCUT2D eigenvalue weighted by molar-refractivity contribution is 5.89. The Balaban J connectivity index is 3.41. The van der Waals surface area contributed by atoms with Gasteiger partial charge in [-0.15, -0.1) is 0 Å². The molecule has 0 aliphatic rings. The van der Waals surface area contributed by atoms with Gasteiger partial charge in [-0.25, -0.2) is 13.6 Å². The molecule has 1 rings (SSSR count). The van der Waals surface area contributed by atoms with E-state index in [1.54, 1.807) is 14.1 Å². The van der Waals surface area contributed by atoms with E-state index in [4.69, 9.17) is 5.11 Å². The summed E-state index contributed by atoms with van der Waals surface area (Å²) in [5, 5.41) is 8.55. The van der Waals surface area contributed by atoms with Crippen LogP contribution in [-0.2, 0) is 0 Å². The second-order valence-corrected chi connectivity index (χ2v) is 2.96. The topological polar surface area (TPSA) is 40.5 Å². The summed E-state index contributed by atoms with van der Waals surface area (Å²) >= 11 is 0. The van der Waals surface area contributed by atoms with Crippen molar-refractivity contribution < 1.29 is 18.7 Å². The maximum Gasteiger partial charge on any atom is 0.341 e. The first kappa shape index (κ1) is 10.4. The summed E-state index contributed by atoms with van der Waals surface area (Å²) in [6.45, 7) is 0. The lowest BCUT2D eigenvalue weighted by molar-refractivity contribution is 0.0686. The monoisotopic (exact) mass is 201 g/mol. The molecule has 0 saturated heterocycles. The summed E-state index contributed by atoms with van der Waals surface area (Å²) < 4.78 is 26.3. The zero-order chi connectivity index (χ0) is 10.9. The highest BCUT2D eigenvalue weighted by Crippen LogP contribution is 2.22. The minimum absolute atomic E-state index is 0.0452. The number of rotatable bonds is 2. The molecule has 0 unspecified atom stereocenters. The average molecular weight is 201 g/mol. The van der Waals surface area contributed by atoms with Gasteiger partial charge in [0.15, 0.2) is 5.82 Å². The Morgan fingerprint density at radius 1 is 1.36 bits per heavy atom. The molecule has 0 heterocycles. The molecule has 1 aromatic carbocycles. The lowest BCUT2D eigenvalue weighted by Crippen LogP contribution is -2.14. The Bertz CT molecular complexity index is 377. The van der Waals surface area contributed by atoms with Crippen molar-refractivity contribution in [3.05, 3.63) is 29.3 Å². The number of aromatic carboxylic acids is 1. The first-order valence-electron chi connectivity index (χ1n) is 3.83. The van der Waals surface area contributed by atoms with Crippen LogP contribution in [0.4, 0.5) is 14.5 Å². The largest absolute Gasteiger partial charge is 0.477 e. The molecule has 0 radical (unpaired) electrons. The van der Waals surface area contributed by atoms with Crippen molar-refractivity contribution in [2.45, 2.75) is 0 Å². The van der Waals surface area contributed by atoms with Crippen LogP contribution in [0.25, 0.3) is 0 Å². The Kier molecular flexibility index (Phi) is 2.69. The summed E-state index contributed by atoms with van der Waals surface area (Å²) in [7, 11) is 3.09. The third-order valence-electron chi connectivity index (χ3n) is 1.77. The van der Waals surface area contributed by atoms with E-state index in [0.29, 0.717) is 0 Å². The third-order valence-corrected chi connectivity index (χ3v) is 1.77. The van der Waals surface area contributed by atoms with Crippen LogP contribution in [0.15, 0.2) is 12.1 Å². The summed E-state index contributed by atoms with van der Waals surface area (Å²) in [5.41, 5.74) is -0.875. The number of hydrogen-bond donors (Lipinski definition) is 1. The minimum Gasteiger partial charge on any atom is -0.477 e. The third kappa shape index (κ3) is 1.66. The van der Waals surface area contributed by atoms with Gasteiger partial charge in [0.1, 0.15) is 11.4 Å². The van der Waals surface area contributed by atoms with Crippen molar-refractivity contribution in [3.8, 4) is 0 Å². The first-order chi connectivity index (χ1) is 6.45. The number of benzene rings is 1. The SMILES string of the molecule is CN(C)c1ccc(F)c(C(=O)O)c1F. The van der Waals surface area contributed by atoms with Gasteiger partial charge in [-0.05, 0) is 12.1 Å². The maximum absolute atomic E-state index is 13.4.